The molecule has 1 rings (SSSR count). The quantitative estimate of drug-likeness (QED) is 0.830. The molecule has 0 bridgehead atoms. The summed E-state index contributed by atoms with van der Waals surface area (Å²) in [5.41, 5.74) is 0.637. The number of aliphatic hydroxyl groups is 1. The van der Waals surface area contributed by atoms with Crippen molar-refractivity contribution in [3.8, 4) is 5.75 Å². The van der Waals surface area contributed by atoms with Crippen LogP contribution in [0.5, 0.6) is 5.75 Å². The fraction of sp³-hybridized carbons (Fsp3) is 0.500. The number of rotatable bonds is 6. The number of carbonyl (C=O) groups is 1. The molecule has 5 heteroatoms. The number of urea groups is 1. The number of hydrogen-bond donors (Lipinski definition) is 2. The second-order valence-corrected chi connectivity index (χ2v) is 4.40. The molecule has 19 heavy (non-hydrogen) atoms. The van der Waals surface area contributed by atoms with Crippen LogP contribution in [0.2, 0.25) is 0 Å². The number of para-hydroxylation sites is 2. The highest BCUT2D eigenvalue weighted by atomic mass is 16.5. The molecule has 5 nitrogen and oxygen atoms in total. The zero-order valence-corrected chi connectivity index (χ0v) is 11.7. The second-order valence-electron chi connectivity index (χ2n) is 4.40. The SMILES string of the molecule is CCN(CCO)C(=O)Nc1ccccc1OC(C)C. The lowest BCUT2D eigenvalue weighted by atomic mass is 10.3. The molecular weight excluding hydrogens is 244 g/mol. The Morgan fingerprint density at radius 3 is 2.68 bits per heavy atom. The number of aliphatic hydroxyl groups excluding tert-OH is 1. The van der Waals surface area contributed by atoms with E-state index in [1.165, 1.54) is 4.90 Å². The molecule has 0 saturated carbocycles. The van der Waals surface area contributed by atoms with Gasteiger partial charge in [-0.2, -0.15) is 0 Å². The van der Waals surface area contributed by atoms with E-state index in [2.05, 4.69) is 5.32 Å². The molecule has 2 amide bonds. The Bertz CT molecular complexity index is 407. The van der Waals surface area contributed by atoms with Gasteiger partial charge in [-0.05, 0) is 32.9 Å². The highest BCUT2D eigenvalue weighted by Crippen LogP contribution is 2.25. The number of amides is 2. The predicted molar refractivity (Wildman–Crippen MR) is 75.6 cm³/mol. The molecule has 0 saturated heterocycles. The van der Waals surface area contributed by atoms with Crippen molar-refractivity contribution < 1.29 is 14.6 Å². The Hall–Kier alpha value is -1.75. The molecule has 0 aliphatic heterocycles. The van der Waals surface area contributed by atoms with Crippen LogP contribution in [0.4, 0.5) is 10.5 Å². The molecule has 0 fully saturated rings. The van der Waals surface area contributed by atoms with E-state index < -0.39 is 0 Å². The molecule has 0 unspecified atom stereocenters. The van der Waals surface area contributed by atoms with E-state index in [0.717, 1.165) is 0 Å². The fourth-order valence-electron chi connectivity index (χ4n) is 1.64. The Balaban J connectivity index is 2.78. The van der Waals surface area contributed by atoms with Gasteiger partial charge in [0, 0.05) is 13.1 Å². The van der Waals surface area contributed by atoms with Crippen molar-refractivity contribution in [2.75, 3.05) is 25.0 Å². The average molecular weight is 266 g/mol. The van der Waals surface area contributed by atoms with Crippen molar-refractivity contribution in [3.05, 3.63) is 24.3 Å². The summed E-state index contributed by atoms with van der Waals surface area (Å²) in [4.78, 5) is 13.6. The maximum Gasteiger partial charge on any atom is 0.322 e. The van der Waals surface area contributed by atoms with Gasteiger partial charge in [-0.1, -0.05) is 12.1 Å². The number of anilines is 1. The predicted octanol–water partition coefficient (Wildman–Crippen LogP) is 2.32. The van der Waals surface area contributed by atoms with E-state index in [-0.39, 0.29) is 18.7 Å². The fourth-order valence-corrected chi connectivity index (χ4v) is 1.64. The van der Waals surface area contributed by atoms with Gasteiger partial charge in [-0.3, -0.25) is 0 Å². The van der Waals surface area contributed by atoms with E-state index in [9.17, 15) is 4.79 Å². The Labute approximate surface area is 114 Å². The summed E-state index contributed by atoms with van der Waals surface area (Å²) >= 11 is 0. The third-order valence-corrected chi connectivity index (χ3v) is 2.53. The topological polar surface area (TPSA) is 61.8 Å². The zero-order valence-electron chi connectivity index (χ0n) is 11.7. The molecule has 0 atom stereocenters. The van der Waals surface area contributed by atoms with Gasteiger partial charge in [-0.15, -0.1) is 0 Å². The maximum absolute atomic E-state index is 12.0. The van der Waals surface area contributed by atoms with Crippen molar-refractivity contribution in [2.45, 2.75) is 26.9 Å². The minimum absolute atomic E-state index is 0.0396. The molecule has 0 aliphatic carbocycles. The molecule has 2 N–H and O–H groups in total. The third kappa shape index (κ3) is 4.79. The normalized spacial score (nSPS) is 10.4. The molecule has 0 spiro atoms. The van der Waals surface area contributed by atoms with Crippen molar-refractivity contribution in [1.29, 1.82) is 0 Å². The summed E-state index contributed by atoms with van der Waals surface area (Å²) in [5, 5.41) is 11.7. The molecule has 1 aromatic carbocycles. The van der Waals surface area contributed by atoms with Gasteiger partial charge in [0.15, 0.2) is 0 Å². The lowest BCUT2D eigenvalue weighted by Gasteiger charge is -2.21. The number of benzene rings is 1. The number of nitrogens with zero attached hydrogens (tertiary/aromatic N) is 1. The van der Waals surface area contributed by atoms with Crippen molar-refractivity contribution >= 4 is 11.7 Å². The van der Waals surface area contributed by atoms with E-state index in [0.29, 0.717) is 24.5 Å². The maximum atomic E-state index is 12.0. The molecule has 106 valence electrons. The molecular formula is C14H22N2O3. The zero-order chi connectivity index (χ0) is 14.3. The minimum Gasteiger partial charge on any atom is -0.489 e. The Kier molecular flexibility index (Phi) is 6.15. The van der Waals surface area contributed by atoms with Crippen LogP contribution in [0.1, 0.15) is 20.8 Å². The summed E-state index contributed by atoms with van der Waals surface area (Å²) in [7, 11) is 0. The highest BCUT2D eigenvalue weighted by Gasteiger charge is 2.13. The van der Waals surface area contributed by atoms with Crippen LogP contribution in [0, 0.1) is 0 Å². The van der Waals surface area contributed by atoms with Gasteiger partial charge >= 0.3 is 6.03 Å². The largest absolute Gasteiger partial charge is 0.489 e. The Morgan fingerprint density at radius 1 is 1.42 bits per heavy atom. The number of likely N-dealkylation sites (N-methyl/N-ethyl adjacent to an activating group) is 1. The third-order valence-electron chi connectivity index (χ3n) is 2.53. The van der Waals surface area contributed by atoms with Crippen LogP contribution in [0.3, 0.4) is 0 Å². The average Bonchev–Trinajstić information content (AvgIpc) is 2.37. The lowest BCUT2D eigenvalue weighted by molar-refractivity contribution is 0.191. The number of ether oxygens (including phenoxy) is 1. The number of nitrogens with one attached hydrogen (secondary N) is 1. The van der Waals surface area contributed by atoms with Gasteiger partial charge in [0.1, 0.15) is 5.75 Å². The number of hydrogen-bond acceptors (Lipinski definition) is 3. The van der Waals surface area contributed by atoms with Crippen molar-refractivity contribution in [1.82, 2.24) is 4.90 Å². The van der Waals surface area contributed by atoms with Gasteiger partial charge in [0.05, 0.1) is 18.4 Å². The lowest BCUT2D eigenvalue weighted by Crippen LogP contribution is -2.36. The summed E-state index contributed by atoms with van der Waals surface area (Å²) in [6.45, 7) is 6.54. The van der Waals surface area contributed by atoms with Crippen molar-refractivity contribution in [2.24, 2.45) is 0 Å². The van der Waals surface area contributed by atoms with Gasteiger partial charge in [0.2, 0.25) is 0 Å². The van der Waals surface area contributed by atoms with E-state index in [1.807, 2.05) is 39.0 Å². The molecule has 0 aliphatic rings. The van der Waals surface area contributed by atoms with Crippen LogP contribution in [-0.2, 0) is 0 Å². The summed E-state index contributed by atoms with van der Waals surface area (Å²) in [6, 6.07) is 7.07. The van der Waals surface area contributed by atoms with Crippen LogP contribution in [0.15, 0.2) is 24.3 Å². The standard InChI is InChI=1S/C14H22N2O3/c1-4-16(9-10-17)14(18)15-12-7-5-6-8-13(12)19-11(2)3/h5-8,11,17H,4,9-10H2,1-3H3,(H,15,18). The van der Waals surface area contributed by atoms with Crippen LogP contribution < -0.4 is 10.1 Å². The molecule has 0 heterocycles. The van der Waals surface area contributed by atoms with Crippen molar-refractivity contribution in [3.63, 3.8) is 0 Å². The summed E-state index contributed by atoms with van der Waals surface area (Å²) < 4.78 is 5.64. The smallest absolute Gasteiger partial charge is 0.322 e. The van der Waals surface area contributed by atoms with Gasteiger partial charge < -0.3 is 20.1 Å². The van der Waals surface area contributed by atoms with Crippen LogP contribution >= 0.6 is 0 Å². The highest BCUT2D eigenvalue weighted by molar-refractivity contribution is 5.90. The molecule has 0 radical (unpaired) electrons. The van der Waals surface area contributed by atoms with E-state index in [1.54, 1.807) is 6.07 Å². The summed E-state index contributed by atoms with van der Waals surface area (Å²) in [6.07, 6.45) is 0.0396. The Morgan fingerprint density at radius 2 is 2.11 bits per heavy atom. The summed E-state index contributed by atoms with van der Waals surface area (Å²) in [5.74, 6) is 0.644. The minimum atomic E-state index is -0.239. The molecule has 1 aromatic rings. The second kappa shape index (κ2) is 7.63. The first-order chi connectivity index (χ1) is 9.08. The first-order valence-corrected chi connectivity index (χ1v) is 6.51. The van der Waals surface area contributed by atoms with E-state index in [4.69, 9.17) is 9.84 Å². The first-order valence-electron chi connectivity index (χ1n) is 6.51. The monoisotopic (exact) mass is 266 g/mol. The van der Waals surface area contributed by atoms with E-state index >= 15 is 0 Å². The van der Waals surface area contributed by atoms with Crippen LogP contribution in [-0.4, -0.2) is 41.8 Å². The number of carbonyl (C=O) groups excluding carboxylic acids is 1. The van der Waals surface area contributed by atoms with Gasteiger partial charge in [0.25, 0.3) is 0 Å². The van der Waals surface area contributed by atoms with Crippen LogP contribution in [0.25, 0.3) is 0 Å². The van der Waals surface area contributed by atoms with Gasteiger partial charge in [-0.25, -0.2) is 4.79 Å². The first kappa shape index (κ1) is 15.3. The molecule has 0 aromatic heterocycles.